The van der Waals surface area contributed by atoms with E-state index in [0.717, 1.165) is 0 Å². The highest BCUT2D eigenvalue weighted by Gasteiger charge is 2.58. The molecule has 2 aliphatic heterocycles. The fourth-order valence-corrected chi connectivity index (χ4v) is 2.39. The number of carbonyl (C=O) groups excluding carboxylic acids is 3. The minimum absolute atomic E-state index is 0.349. The molecule has 2 bridgehead atoms. The molecule has 74 valence electrons. The first-order valence-electron chi connectivity index (χ1n) is 3.86. The van der Waals surface area contributed by atoms with E-state index in [4.69, 9.17) is 0 Å². The molecule has 2 fully saturated rings. The van der Waals surface area contributed by atoms with Gasteiger partial charge in [0.05, 0.1) is 6.42 Å². The van der Waals surface area contributed by atoms with Crippen molar-refractivity contribution in [3.63, 3.8) is 0 Å². The van der Waals surface area contributed by atoms with Crippen LogP contribution in [0, 0.1) is 5.92 Å². The lowest BCUT2D eigenvalue weighted by atomic mass is 9.99. The van der Waals surface area contributed by atoms with E-state index >= 15 is 0 Å². The van der Waals surface area contributed by atoms with Crippen LogP contribution in [0.1, 0.15) is 6.42 Å². The number of hydrogen-bond donors (Lipinski definition) is 1. The largest absolute Gasteiger partial charge is 1.20 e. The fourth-order valence-electron chi connectivity index (χ4n) is 1.24. The number of fused-ring (bicyclic) bond motifs is 3. The highest BCUT2D eigenvalue weighted by Crippen LogP contribution is 2.22. The molecule has 0 spiro atoms. The highest BCUT2D eigenvalue weighted by atomic mass is 27.3. The van der Waals surface area contributed by atoms with Gasteiger partial charge < -0.3 is 16.5 Å². The van der Waals surface area contributed by atoms with Crippen LogP contribution in [0.25, 0.3) is 0 Å². The van der Waals surface area contributed by atoms with Gasteiger partial charge in [-0.25, -0.2) is 0 Å². The molecule has 2 atom stereocenters. The van der Waals surface area contributed by atoms with Crippen LogP contribution in [0.5, 0.6) is 0 Å². The number of carbonyl (C=O) groups is 3. The highest BCUT2D eigenvalue weighted by molar-refractivity contribution is 6.45. The van der Waals surface area contributed by atoms with Gasteiger partial charge in [0.2, 0.25) is 0 Å². The third-order valence-electron chi connectivity index (χ3n) is 1.96. The van der Waals surface area contributed by atoms with Crippen LogP contribution < -0.4 is 0 Å². The lowest BCUT2D eigenvalue weighted by Gasteiger charge is -2.16. The second kappa shape index (κ2) is 3.24. The second-order valence-electron chi connectivity index (χ2n) is 2.91. The summed E-state index contributed by atoms with van der Waals surface area (Å²) in [6.45, 7) is 0. The molecule has 2 aliphatic rings. The Bertz CT molecular complexity index is 311. The Morgan fingerprint density at radius 2 is 1.79 bits per heavy atom. The monoisotopic (exact) mass is 216 g/mol. The van der Waals surface area contributed by atoms with Crippen LogP contribution in [0.2, 0.25) is 0 Å². The van der Waals surface area contributed by atoms with Gasteiger partial charge in [0.15, 0.2) is 6.10 Å². The van der Waals surface area contributed by atoms with Crippen molar-refractivity contribution in [2.75, 3.05) is 0 Å². The Hall–Kier alpha value is -1.10. The normalized spacial score (nSPS) is 31.5. The minimum Gasteiger partial charge on any atom is -0.551 e. The van der Waals surface area contributed by atoms with Gasteiger partial charge in [-0.05, 0) is 0 Å². The molecule has 0 aromatic rings. The van der Waals surface area contributed by atoms with Gasteiger partial charge in [-0.2, -0.15) is 0 Å². The molecule has 2 heterocycles. The van der Waals surface area contributed by atoms with E-state index in [1.54, 1.807) is 0 Å². The van der Waals surface area contributed by atoms with Gasteiger partial charge in [0.25, 0.3) is 11.9 Å². The third kappa shape index (κ3) is 1.48. The Morgan fingerprint density at radius 3 is 2.50 bits per heavy atom. The van der Waals surface area contributed by atoms with Crippen molar-refractivity contribution in [2.45, 2.75) is 12.5 Å². The molecule has 0 aromatic carbocycles. The Morgan fingerprint density at radius 1 is 1.14 bits per heavy atom. The van der Waals surface area contributed by atoms with Gasteiger partial charge in [0.1, 0.15) is 5.92 Å². The van der Waals surface area contributed by atoms with E-state index in [2.05, 4.69) is 11.4 Å². The summed E-state index contributed by atoms with van der Waals surface area (Å²) in [5.41, 5.74) is 0. The van der Waals surface area contributed by atoms with Gasteiger partial charge in [0, 0.05) is 0 Å². The van der Waals surface area contributed by atoms with Gasteiger partial charge >= 0.3 is 21.1 Å². The predicted molar refractivity (Wildman–Crippen MR) is 38.1 cm³/mol. The summed E-state index contributed by atoms with van der Waals surface area (Å²) in [6.07, 6.45) is -1.98. The predicted octanol–water partition coefficient (Wildman–Crippen LogP) is -2.00. The van der Waals surface area contributed by atoms with Gasteiger partial charge in [-0.15, -0.1) is 0 Å². The molecule has 2 saturated heterocycles. The van der Waals surface area contributed by atoms with Crippen molar-refractivity contribution in [3.05, 3.63) is 0 Å². The smallest absolute Gasteiger partial charge is 0.551 e. The van der Waals surface area contributed by atoms with Crippen LogP contribution in [-0.2, 0) is 25.7 Å². The Balaban J connectivity index is 2.35. The molecule has 0 saturated carbocycles. The zero-order valence-corrected chi connectivity index (χ0v) is 7.99. The fraction of sp³-hybridized carbons (Fsp3) is 0.500. The van der Waals surface area contributed by atoms with Crippen LogP contribution in [0.4, 0.5) is 0 Å². The standard InChI is InChI=1S/C6H8O7.Al/c7-3(8)1-2(5(10)11)4(9)6(12)13;/h2,4,9H,1H2,(H,7,8)(H,10,11)(H,12,13);/q;+3/p-3. The number of rotatable bonds is 0. The lowest BCUT2D eigenvalue weighted by Crippen LogP contribution is -2.38. The maximum absolute atomic E-state index is 11.2. The summed E-state index contributed by atoms with van der Waals surface area (Å²) >= 11 is -3.05. The average molecular weight is 216 g/mol. The zero-order valence-electron chi connectivity index (χ0n) is 6.84. The molecule has 0 aromatic heterocycles. The van der Waals surface area contributed by atoms with Crippen LogP contribution in [0.15, 0.2) is 0 Å². The molecule has 2 unspecified atom stereocenters. The van der Waals surface area contributed by atoms with E-state index in [0.29, 0.717) is 0 Å². The Kier molecular flexibility index (Phi) is 2.19. The molecule has 14 heavy (non-hydrogen) atoms. The second-order valence-corrected chi connectivity index (χ2v) is 4.19. The number of hydrogen-bond acceptors (Lipinski definition) is 7. The molecule has 0 amide bonds. The van der Waals surface area contributed by atoms with Crippen LogP contribution >= 0.6 is 0 Å². The SMILES string of the molecule is O=C1CC2C(=O)[O][Al]([O]1)[O]C(=O)C2O. The van der Waals surface area contributed by atoms with Crippen molar-refractivity contribution in [3.8, 4) is 0 Å². The summed E-state index contributed by atoms with van der Waals surface area (Å²) in [4.78, 5) is 33.2. The summed E-state index contributed by atoms with van der Waals surface area (Å²) in [6, 6.07) is 0. The minimum atomic E-state index is -3.05. The third-order valence-corrected chi connectivity index (χ3v) is 3.27. The van der Waals surface area contributed by atoms with Gasteiger partial charge in [-0.3, -0.25) is 14.4 Å². The maximum Gasteiger partial charge on any atom is 1.20 e. The van der Waals surface area contributed by atoms with Crippen molar-refractivity contribution >= 4 is 33.1 Å². The zero-order chi connectivity index (χ0) is 10.3. The molecule has 0 radical (unpaired) electrons. The van der Waals surface area contributed by atoms with Crippen molar-refractivity contribution < 1.29 is 30.9 Å². The van der Waals surface area contributed by atoms with E-state index in [1.165, 1.54) is 0 Å². The molecule has 0 aliphatic carbocycles. The molecule has 2 rings (SSSR count). The topological polar surface area (TPSA) is 99.1 Å². The summed E-state index contributed by atoms with van der Waals surface area (Å²) in [7, 11) is 0. The molecule has 1 N–H and O–H groups in total. The van der Waals surface area contributed by atoms with Crippen LogP contribution in [0.3, 0.4) is 0 Å². The summed E-state index contributed by atoms with van der Waals surface area (Å²) in [5.74, 6) is -3.67. The van der Waals surface area contributed by atoms with E-state index < -0.39 is 45.1 Å². The molecular weight excluding hydrogens is 211 g/mol. The lowest BCUT2D eigenvalue weighted by molar-refractivity contribution is -0.156. The number of aliphatic hydroxyl groups is 1. The quantitative estimate of drug-likeness (QED) is 0.467. The first kappa shape index (κ1) is 9.46. The van der Waals surface area contributed by atoms with E-state index in [1.807, 2.05) is 0 Å². The van der Waals surface area contributed by atoms with E-state index in [-0.39, 0.29) is 6.42 Å². The van der Waals surface area contributed by atoms with Crippen molar-refractivity contribution in [1.29, 1.82) is 0 Å². The molecule has 8 heteroatoms. The Labute approximate surface area is 82.9 Å². The van der Waals surface area contributed by atoms with Crippen molar-refractivity contribution in [2.24, 2.45) is 5.92 Å². The van der Waals surface area contributed by atoms with Crippen LogP contribution in [-0.4, -0.2) is 44.3 Å². The van der Waals surface area contributed by atoms with Gasteiger partial charge in [-0.1, -0.05) is 0 Å². The van der Waals surface area contributed by atoms with E-state index in [9.17, 15) is 19.5 Å². The first-order valence-corrected chi connectivity index (χ1v) is 5.28. The average Bonchev–Trinajstić information content (AvgIpc) is 2.27. The first-order chi connectivity index (χ1) is 6.58. The summed E-state index contributed by atoms with van der Waals surface area (Å²) in [5, 5.41) is 9.30. The molecule has 7 nitrogen and oxygen atoms in total. The summed E-state index contributed by atoms with van der Waals surface area (Å²) < 4.78 is 13.7. The van der Waals surface area contributed by atoms with Crippen molar-refractivity contribution in [1.82, 2.24) is 0 Å². The molecular formula is C6H5AlO7. The number of aliphatic hydroxyl groups excluding tert-OH is 1. The maximum atomic E-state index is 11.2.